The van der Waals surface area contributed by atoms with Crippen LogP contribution >= 0.6 is 38.6 Å². The van der Waals surface area contributed by atoms with E-state index >= 15 is 0 Å². The van der Waals surface area contributed by atoms with Crippen LogP contribution in [0.2, 0.25) is 0 Å². The molecule has 0 aliphatic carbocycles. The minimum Gasteiger partial charge on any atom is -0.258 e. The zero-order chi connectivity index (χ0) is 10.1. The molecule has 0 aromatic carbocycles. The lowest BCUT2D eigenvalue weighted by Crippen LogP contribution is -1.80. The quantitative estimate of drug-likeness (QED) is 0.616. The first-order valence-corrected chi connectivity index (χ1v) is 6.20. The van der Waals surface area contributed by atoms with E-state index in [2.05, 4.69) is 15.9 Å². The van der Waals surface area contributed by atoms with Gasteiger partial charge in [-0.3, -0.25) is 10.1 Å². The molecular weight excluding hydrogens is 286 g/mol. The van der Waals surface area contributed by atoms with E-state index in [4.69, 9.17) is 0 Å². The standard InChI is InChI=1S/C8H4BrNO2S2/c9-6-4-13-3-5(6)7-1-2-8(14-7)10(11)12/h1-4H. The number of halogens is 1. The molecule has 0 unspecified atom stereocenters. The van der Waals surface area contributed by atoms with Gasteiger partial charge in [-0.05, 0) is 22.0 Å². The predicted molar refractivity (Wildman–Crippen MR) is 62.0 cm³/mol. The summed E-state index contributed by atoms with van der Waals surface area (Å²) in [6, 6.07) is 3.31. The van der Waals surface area contributed by atoms with E-state index in [0.717, 1.165) is 14.9 Å². The van der Waals surface area contributed by atoms with E-state index in [9.17, 15) is 10.1 Å². The highest BCUT2D eigenvalue weighted by atomic mass is 79.9. The van der Waals surface area contributed by atoms with Gasteiger partial charge in [-0.1, -0.05) is 11.3 Å². The monoisotopic (exact) mass is 289 g/mol. The highest BCUT2D eigenvalue weighted by Gasteiger charge is 2.12. The molecule has 14 heavy (non-hydrogen) atoms. The molecule has 0 fully saturated rings. The van der Waals surface area contributed by atoms with Crippen molar-refractivity contribution in [3.05, 3.63) is 37.5 Å². The molecule has 0 amide bonds. The Bertz CT molecular complexity index is 477. The predicted octanol–water partition coefficient (Wildman–Crippen LogP) is 4.15. The van der Waals surface area contributed by atoms with Crippen LogP contribution in [0.5, 0.6) is 0 Å². The van der Waals surface area contributed by atoms with Crippen LogP contribution in [-0.4, -0.2) is 4.92 Å². The van der Waals surface area contributed by atoms with Gasteiger partial charge in [-0.25, -0.2) is 0 Å². The maximum atomic E-state index is 10.5. The van der Waals surface area contributed by atoms with Crippen molar-refractivity contribution in [2.45, 2.75) is 0 Å². The SMILES string of the molecule is O=[N+]([O-])c1ccc(-c2cscc2Br)s1. The summed E-state index contributed by atoms with van der Waals surface area (Å²) in [5.41, 5.74) is 1.02. The first-order chi connectivity index (χ1) is 6.68. The van der Waals surface area contributed by atoms with Crippen molar-refractivity contribution in [2.24, 2.45) is 0 Å². The molecule has 6 heteroatoms. The number of nitro groups is 1. The summed E-state index contributed by atoms with van der Waals surface area (Å²) in [6.45, 7) is 0. The Morgan fingerprint density at radius 1 is 1.36 bits per heavy atom. The fourth-order valence-electron chi connectivity index (χ4n) is 1.03. The highest BCUT2D eigenvalue weighted by Crippen LogP contribution is 2.38. The van der Waals surface area contributed by atoms with Gasteiger partial charge in [0, 0.05) is 31.7 Å². The molecule has 0 aliphatic heterocycles. The summed E-state index contributed by atoms with van der Waals surface area (Å²) in [7, 11) is 0. The molecule has 0 atom stereocenters. The van der Waals surface area contributed by atoms with Gasteiger partial charge in [0.15, 0.2) is 0 Å². The van der Waals surface area contributed by atoms with Crippen molar-refractivity contribution in [3.8, 4) is 10.4 Å². The third kappa shape index (κ3) is 1.73. The van der Waals surface area contributed by atoms with Gasteiger partial charge >= 0.3 is 5.00 Å². The van der Waals surface area contributed by atoms with E-state index in [1.165, 1.54) is 17.4 Å². The van der Waals surface area contributed by atoms with Crippen molar-refractivity contribution in [1.82, 2.24) is 0 Å². The maximum absolute atomic E-state index is 10.5. The lowest BCUT2D eigenvalue weighted by atomic mass is 10.3. The number of hydrogen-bond acceptors (Lipinski definition) is 4. The van der Waals surface area contributed by atoms with E-state index in [1.54, 1.807) is 17.4 Å². The van der Waals surface area contributed by atoms with Crippen LogP contribution in [0, 0.1) is 10.1 Å². The second-order valence-corrected chi connectivity index (χ2v) is 5.19. The first-order valence-electron chi connectivity index (χ1n) is 3.65. The lowest BCUT2D eigenvalue weighted by molar-refractivity contribution is -0.380. The molecule has 3 nitrogen and oxygen atoms in total. The average Bonchev–Trinajstić information content (AvgIpc) is 2.71. The average molecular weight is 290 g/mol. The van der Waals surface area contributed by atoms with Gasteiger partial charge in [-0.15, -0.1) is 0 Å². The third-order valence-corrected chi connectivity index (χ3v) is 4.42. The smallest absolute Gasteiger partial charge is 0.258 e. The Kier molecular flexibility index (Phi) is 2.66. The fraction of sp³-hybridized carbons (Fsp3) is 0. The lowest BCUT2D eigenvalue weighted by Gasteiger charge is -1.90. The summed E-state index contributed by atoms with van der Waals surface area (Å²) in [5, 5.41) is 14.6. The van der Waals surface area contributed by atoms with Gasteiger partial charge in [-0.2, -0.15) is 11.3 Å². The molecule has 0 radical (unpaired) electrons. The Labute approximate surface area is 96.3 Å². The molecule has 2 heterocycles. The molecule has 0 N–H and O–H groups in total. The number of thiophene rings is 2. The van der Waals surface area contributed by atoms with Crippen LogP contribution in [0.25, 0.3) is 10.4 Å². The van der Waals surface area contributed by atoms with Crippen LogP contribution in [0.1, 0.15) is 0 Å². The molecule has 0 bridgehead atoms. The molecule has 2 aromatic rings. The van der Waals surface area contributed by atoms with Crippen molar-refractivity contribution >= 4 is 43.6 Å². The molecule has 0 aliphatic rings. The number of nitrogens with zero attached hydrogens (tertiary/aromatic N) is 1. The summed E-state index contributed by atoms with van der Waals surface area (Å²) < 4.78 is 0.985. The van der Waals surface area contributed by atoms with E-state index in [0.29, 0.717) is 0 Å². The normalized spacial score (nSPS) is 10.4. The molecule has 2 rings (SSSR count). The molecular formula is C8H4BrNO2S2. The van der Waals surface area contributed by atoms with Crippen LogP contribution < -0.4 is 0 Å². The van der Waals surface area contributed by atoms with Crippen LogP contribution in [0.3, 0.4) is 0 Å². The first kappa shape index (κ1) is 9.82. The second kappa shape index (κ2) is 3.80. The van der Waals surface area contributed by atoms with E-state index in [1.807, 2.05) is 10.8 Å². The molecule has 2 aromatic heterocycles. The van der Waals surface area contributed by atoms with Crippen molar-refractivity contribution < 1.29 is 4.92 Å². The van der Waals surface area contributed by atoms with Gasteiger partial charge in [0.05, 0.1) is 4.92 Å². The third-order valence-electron chi connectivity index (χ3n) is 1.65. The summed E-state index contributed by atoms with van der Waals surface area (Å²) in [4.78, 5) is 11.0. The van der Waals surface area contributed by atoms with Crippen molar-refractivity contribution in [3.63, 3.8) is 0 Å². The molecule has 0 spiro atoms. The Hall–Kier alpha value is -0.720. The summed E-state index contributed by atoms with van der Waals surface area (Å²) in [5.74, 6) is 0. The zero-order valence-corrected chi connectivity index (χ0v) is 9.99. The van der Waals surface area contributed by atoms with Crippen LogP contribution in [0.4, 0.5) is 5.00 Å². The minimum absolute atomic E-state index is 0.179. The maximum Gasteiger partial charge on any atom is 0.324 e. The topological polar surface area (TPSA) is 43.1 Å². The van der Waals surface area contributed by atoms with E-state index < -0.39 is 0 Å². The Balaban J connectivity index is 2.43. The molecule has 0 saturated carbocycles. The van der Waals surface area contributed by atoms with Gasteiger partial charge < -0.3 is 0 Å². The van der Waals surface area contributed by atoms with Crippen LogP contribution in [0.15, 0.2) is 27.4 Å². The van der Waals surface area contributed by atoms with Gasteiger partial charge in [0.1, 0.15) is 0 Å². The second-order valence-electron chi connectivity index (χ2n) is 2.53. The summed E-state index contributed by atoms with van der Waals surface area (Å²) in [6.07, 6.45) is 0. The van der Waals surface area contributed by atoms with Crippen LogP contribution in [-0.2, 0) is 0 Å². The van der Waals surface area contributed by atoms with Crippen molar-refractivity contribution in [2.75, 3.05) is 0 Å². The minimum atomic E-state index is -0.367. The Morgan fingerprint density at radius 3 is 2.64 bits per heavy atom. The fourth-order valence-corrected chi connectivity index (χ4v) is 3.59. The molecule has 72 valence electrons. The van der Waals surface area contributed by atoms with E-state index in [-0.39, 0.29) is 9.92 Å². The highest BCUT2D eigenvalue weighted by molar-refractivity contribution is 9.10. The van der Waals surface area contributed by atoms with Crippen molar-refractivity contribution in [1.29, 1.82) is 0 Å². The van der Waals surface area contributed by atoms with Gasteiger partial charge in [0.2, 0.25) is 0 Å². The largest absolute Gasteiger partial charge is 0.324 e. The zero-order valence-electron chi connectivity index (χ0n) is 6.77. The van der Waals surface area contributed by atoms with Gasteiger partial charge in [0.25, 0.3) is 0 Å². The Morgan fingerprint density at radius 2 is 2.14 bits per heavy atom. The molecule has 0 saturated heterocycles. The number of rotatable bonds is 2. The number of hydrogen-bond donors (Lipinski definition) is 0. The summed E-state index contributed by atoms with van der Waals surface area (Å²) >= 11 is 6.16.